The largest absolute Gasteiger partial charge is 0.376 e. The van der Waals surface area contributed by atoms with E-state index in [0.717, 1.165) is 0 Å². The van der Waals surface area contributed by atoms with Crippen molar-refractivity contribution in [2.45, 2.75) is 6.92 Å². The lowest BCUT2D eigenvalue weighted by Gasteiger charge is -2.42. The number of fused-ring (bicyclic) bond motifs is 11. The minimum atomic E-state index is 0.246. The quantitative estimate of drug-likeness (QED) is 0.406. The van der Waals surface area contributed by atoms with Gasteiger partial charge in [-0.2, -0.15) is 0 Å². The molecule has 0 saturated carbocycles. The third-order valence-corrected chi connectivity index (χ3v) is 6.63. The van der Waals surface area contributed by atoms with E-state index in [2.05, 4.69) is 89.9 Å². The third-order valence-electron chi connectivity index (χ3n) is 5.70. The summed E-state index contributed by atoms with van der Waals surface area (Å²) in [6, 6.07) is 26.6. The molecule has 0 spiro atoms. The van der Waals surface area contributed by atoms with Crippen LogP contribution in [0.2, 0.25) is 0 Å². The average Bonchev–Trinajstić information content (AvgIpc) is 3.09. The molecule has 0 amide bonds. The molecule has 0 fully saturated rings. The lowest BCUT2D eigenvalue weighted by molar-refractivity contribution is 1.35. The molecule has 0 bridgehead atoms. The SMILES string of the molecule is Cc1scc2c1-c1ccccc1N1B2c2ccccc2-c2ccccc21. The summed E-state index contributed by atoms with van der Waals surface area (Å²) in [5.74, 6) is 0. The van der Waals surface area contributed by atoms with E-state index in [0.29, 0.717) is 0 Å². The highest BCUT2D eigenvalue weighted by Gasteiger charge is 2.42. The third kappa shape index (κ3) is 1.71. The van der Waals surface area contributed by atoms with Crippen molar-refractivity contribution in [2.75, 3.05) is 4.81 Å². The van der Waals surface area contributed by atoms with Gasteiger partial charge in [-0.3, -0.25) is 0 Å². The van der Waals surface area contributed by atoms with Gasteiger partial charge in [0.15, 0.2) is 0 Å². The van der Waals surface area contributed by atoms with Crippen molar-refractivity contribution in [1.29, 1.82) is 0 Å². The molecule has 3 heteroatoms. The van der Waals surface area contributed by atoms with Crippen LogP contribution in [0.5, 0.6) is 0 Å². The zero-order valence-corrected chi connectivity index (χ0v) is 15.3. The predicted molar refractivity (Wildman–Crippen MR) is 114 cm³/mol. The molecule has 1 nitrogen and oxygen atoms in total. The predicted octanol–water partition coefficient (Wildman–Crippen LogP) is 4.96. The van der Waals surface area contributed by atoms with Crippen LogP contribution in [0.1, 0.15) is 4.88 Å². The van der Waals surface area contributed by atoms with Gasteiger partial charge < -0.3 is 4.81 Å². The first kappa shape index (κ1) is 14.4. The van der Waals surface area contributed by atoms with Gasteiger partial charge in [-0.25, -0.2) is 0 Å². The summed E-state index contributed by atoms with van der Waals surface area (Å²) in [7, 11) is 0. The molecular weight excluding hydrogens is 333 g/mol. The Bertz CT molecular complexity index is 1180. The van der Waals surface area contributed by atoms with Gasteiger partial charge in [0, 0.05) is 27.4 Å². The highest BCUT2D eigenvalue weighted by atomic mass is 32.1. The van der Waals surface area contributed by atoms with Gasteiger partial charge in [-0.1, -0.05) is 60.7 Å². The number of thiophene rings is 1. The highest BCUT2D eigenvalue weighted by Crippen LogP contribution is 2.46. The molecule has 0 unspecified atom stereocenters. The van der Waals surface area contributed by atoms with Crippen molar-refractivity contribution in [1.82, 2.24) is 0 Å². The van der Waals surface area contributed by atoms with Crippen molar-refractivity contribution in [3.8, 4) is 22.3 Å². The van der Waals surface area contributed by atoms with Crippen molar-refractivity contribution in [2.24, 2.45) is 0 Å². The second-order valence-electron chi connectivity index (χ2n) is 7.02. The Labute approximate surface area is 157 Å². The maximum absolute atomic E-state index is 2.54. The Morgan fingerprint density at radius 3 is 2.12 bits per heavy atom. The van der Waals surface area contributed by atoms with Crippen LogP contribution in [-0.4, -0.2) is 6.85 Å². The van der Waals surface area contributed by atoms with Crippen molar-refractivity contribution in [3.05, 3.63) is 83.1 Å². The fourth-order valence-corrected chi connectivity index (χ4v) is 5.56. The molecule has 6 rings (SSSR count). The van der Waals surface area contributed by atoms with E-state index in [4.69, 9.17) is 0 Å². The molecule has 1 aromatic heterocycles. The number of benzene rings is 3. The summed E-state index contributed by atoms with van der Waals surface area (Å²) in [5, 5.41) is 2.36. The van der Waals surface area contributed by atoms with E-state index >= 15 is 0 Å². The minimum Gasteiger partial charge on any atom is -0.376 e. The summed E-state index contributed by atoms with van der Waals surface area (Å²) in [4.78, 5) is 3.95. The molecule has 0 N–H and O–H groups in total. The van der Waals surface area contributed by atoms with Crippen LogP contribution in [0.25, 0.3) is 22.3 Å². The fourth-order valence-electron chi connectivity index (χ4n) is 4.66. The molecule has 2 aliphatic heterocycles. The molecule has 0 saturated heterocycles. The highest BCUT2D eigenvalue weighted by molar-refractivity contribution is 7.13. The number of hydrogen-bond acceptors (Lipinski definition) is 2. The van der Waals surface area contributed by atoms with Crippen LogP contribution >= 0.6 is 11.3 Å². The van der Waals surface area contributed by atoms with Gasteiger partial charge >= 0.3 is 6.85 Å². The molecule has 3 heterocycles. The first-order valence-electron chi connectivity index (χ1n) is 8.99. The first-order valence-corrected chi connectivity index (χ1v) is 9.87. The van der Waals surface area contributed by atoms with Gasteiger partial charge in [-0.05, 0) is 46.5 Å². The molecule has 4 aromatic rings. The minimum absolute atomic E-state index is 0.246. The smallest absolute Gasteiger partial charge is 0.330 e. The summed E-state index contributed by atoms with van der Waals surface area (Å²) in [5.41, 5.74) is 10.9. The van der Waals surface area contributed by atoms with Crippen LogP contribution in [-0.2, 0) is 0 Å². The van der Waals surface area contributed by atoms with Crippen LogP contribution in [0, 0.1) is 6.92 Å². The Balaban J connectivity index is 1.78. The molecular formula is C23H16BNS. The molecule has 2 aliphatic rings. The van der Waals surface area contributed by atoms with Gasteiger partial charge in [0.1, 0.15) is 0 Å². The van der Waals surface area contributed by atoms with E-state index in [1.54, 1.807) is 0 Å². The summed E-state index contributed by atoms with van der Waals surface area (Å²) in [6.07, 6.45) is 0. The normalized spacial score (nSPS) is 13.4. The van der Waals surface area contributed by atoms with Crippen LogP contribution < -0.4 is 15.7 Å². The monoisotopic (exact) mass is 349 g/mol. The lowest BCUT2D eigenvalue weighted by Crippen LogP contribution is -2.59. The van der Waals surface area contributed by atoms with E-state index in [9.17, 15) is 0 Å². The maximum Gasteiger partial charge on any atom is 0.330 e. The van der Waals surface area contributed by atoms with Gasteiger partial charge in [0.25, 0.3) is 0 Å². The Hall–Kier alpha value is -2.78. The van der Waals surface area contributed by atoms with E-state index in [1.807, 2.05) is 11.3 Å². The zero-order chi connectivity index (χ0) is 17.3. The molecule has 0 atom stereocenters. The second-order valence-corrected chi connectivity index (χ2v) is 8.10. The summed E-state index contributed by atoms with van der Waals surface area (Å²) < 4.78 is 0. The zero-order valence-electron chi connectivity index (χ0n) is 14.4. The standard InChI is InChI=1S/C23H16BNS/c1-15-23-18-10-4-7-13-22(18)25-21-12-6-3-9-17(21)16-8-2-5-11-19(16)24(25)20(23)14-26-15/h2-14H,1H3. The Kier molecular flexibility index (Phi) is 2.84. The fraction of sp³-hybridized carbons (Fsp3) is 0.0435. The molecule has 0 aliphatic carbocycles. The van der Waals surface area contributed by atoms with Crippen LogP contribution in [0.15, 0.2) is 78.2 Å². The lowest BCUT2D eigenvalue weighted by atomic mass is 9.44. The average molecular weight is 349 g/mol. The summed E-state index contributed by atoms with van der Waals surface area (Å²) >= 11 is 1.87. The van der Waals surface area contributed by atoms with Crippen molar-refractivity contribution in [3.63, 3.8) is 0 Å². The number of aryl methyl sites for hydroxylation is 1. The number of rotatable bonds is 0. The molecule has 3 aromatic carbocycles. The van der Waals surface area contributed by atoms with Crippen molar-refractivity contribution < 1.29 is 0 Å². The van der Waals surface area contributed by atoms with Crippen LogP contribution in [0.3, 0.4) is 0 Å². The van der Waals surface area contributed by atoms with Gasteiger partial charge in [0.05, 0.1) is 0 Å². The number of anilines is 2. The van der Waals surface area contributed by atoms with E-state index in [-0.39, 0.29) is 6.85 Å². The second kappa shape index (κ2) is 5.12. The van der Waals surface area contributed by atoms with Gasteiger partial charge in [-0.15, -0.1) is 11.3 Å². The van der Waals surface area contributed by atoms with E-state index < -0.39 is 0 Å². The number of para-hydroxylation sites is 2. The Morgan fingerprint density at radius 2 is 1.31 bits per heavy atom. The Morgan fingerprint density at radius 1 is 0.692 bits per heavy atom. The molecule has 122 valence electrons. The van der Waals surface area contributed by atoms with Crippen LogP contribution in [0.4, 0.5) is 11.4 Å². The first-order chi connectivity index (χ1) is 12.8. The molecule has 26 heavy (non-hydrogen) atoms. The molecule has 0 radical (unpaired) electrons. The summed E-state index contributed by atoms with van der Waals surface area (Å²) in [6.45, 7) is 2.49. The van der Waals surface area contributed by atoms with Gasteiger partial charge in [0.2, 0.25) is 0 Å². The maximum atomic E-state index is 2.54. The topological polar surface area (TPSA) is 3.24 Å². The number of hydrogen-bond donors (Lipinski definition) is 0. The number of nitrogens with zero attached hydrogens (tertiary/aromatic N) is 1. The van der Waals surface area contributed by atoms with E-state index in [1.165, 1.54) is 49.4 Å². The van der Waals surface area contributed by atoms with Crippen molar-refractivity contribution >= 4 is 40.5 Å².